The fourth-order valence-corrected chi connectivity index (χ4v) is 6.08. The van der Waals surface area contributed by atoms with Gasteiger partial charge in [0.2, 0.25) is 0 Å². The normalized spacial score (nSPS) is 18.6. The molecule has 39 heavy (non-hydrogen) atoms. The molecule has 7 heteroatoms. The maximum atomic E-state index is 13.2. The molecule has 0 saturated heterocycles. The Labute approximate surface area is 234 Å². The van der Waals surface area contributed by atoms with Gasteiger partial charge in [-0.05, 0) is 54.9 Å². The molecule has 6 nitrogen and oxygen atoms in total. The zero-order valence-corrected chi connectivity index (χ0v) is 23.6. The molecule has 1 aliphatic heterocycles. The first-order chi connectivity index (χ1) is 18.7. The Morgan fingerprint density at radius 1 is 0.897 bits per heavy atom. The van der Waals surface area contributed by atoms with Gasteiger partial charge in [-0.2, -0.15) is 0 Å². The van der Waals surface area contributed by atoms with Crippen LogP contribution in [0.1, 0.15) is 50.8 Å². The Kier molecular flexibility index (Phi) is 8.95. The van der Waals surface area contributed by atoms with E-state index in [9.17, 15) is 14.7 Å². The van der Waals surface area contributed by atoms with Gasteiger partial charge in [0.1, 0.15) is 17.7 Å². The van der Waals surface area contributed by atoms with Gasteiger partial charge < -0.3 is 9.84 Å². The molecule has 0 fully saturated rings. The van der Waals surface area contributed by atoms with Gasteiger partial charge in [0, 0.05) is 0 Å². The van der Waals surface area contributed by atoms with Crippen molar-refractivity contribution in [2.24, 2.45) is 0 Å². The lowest BCUT2D eigenvalue weighted by Crippen LogP contribution is -2.62. The number of carbonyl (C=O) groups excluding carboxylic acids is 1. The molecule has 0 spiro atoms. The molecule has 1 heterocycles. The first-order valence-corrected chi connectivity index (χ1v) is 14.1. The predicted octanol–water partition coefficient (Wildman–Crippen LogP) is 5.69. The third kappa shape index (κ3) is 6.44. The van der Waals surface area contributed by atoms with Crippen LogP contribution in [-0.4, -0.2) is 40.1 Å². The summed E-state index contributed by atoms with van der Waals surface area (Å²) >= 11 is 1.37. The lowest BCUT2D eigenvalue weighted by atomic mass is 9.76. The molecule has 1 aliphatic rings. The number of carboxylic acid groups (broad SMARTS) is 1. The summed E-state index contributed by atoms with van der Waals surface area (Å²) in [6.45, 7) is 7.45. The number of hydrogen-bond acceptors (Lipinski definition) is 6. The third-order valence-electron chi connectivity index (χ3n) is 6.68. The Morgan fingerprint density at radius 2 is 1.36 bits per heavy atom. The maximum Gasteiger partial charge on any atom is 0.328 e. The monoisotopic (exact) mass is 544 g/mol. The highest BCUT2D eigenvalue weighted by Gasteiger charge is 2.44. The second kappa shape index (κ2) is 12.2. The Bertz CT molecular complexity index is 1190. The largest absolute Gasteiger partial charge is 0.480 e. The second-order valence-corrected chi connectivity index (χ2v) is 11.6. The van der Waals surface area contributed by atoms with Gasteiger partial charge >= 0.3 is 11.9 Å². The summed E-state index contributed by atoms with van der Waals surface area (Å²) in [5.74, 6) is -1.44. The second-order valence-electron chi connectivity index (χ2n) is 10.5. The molecule has 0 amide bonds. The summed E-state index contributed by atoms with van der Waals surface area (Å²) in [4.78, 5) is 26.1. The van der Waals surface area contributed by atoms with Crippen LogP contribution in [0.4, 0.5) is 0 Å². The molecule has 3 aromatic rings. The molecule has 0 bridgehead atoms. The van der Waals surface area contributed by atoms with Gasteiger partial charge in [-0.3, -0.25) is 15.4 Å². The lowest BCUT2D eigenvalue weighted by molar-refractivity contribution is -0.157. The minimum atomic E-state index is -1.07. The van der Waals surface area contributed by atoms with Crippen molar-refractivity contribution in [3.05, 3.63) is 119 Å². The molecule has 0 aromatic heterocycles. The van der Waals surface area contributed by atoms with E-state index >= 15 is 0 Å². The fraction of sp³-hybridized carbons (Fsp3) is 0.312. The molecular formula is C32H36N2O4S. The fourth-order valence-electron chi connectivity index (χ4n) is 4.90. The van der Waals surface area contributed by atoms with E-state index in [0.717, 1.165) is 22.3 Å². The van der Waals surface area contributed by atoms with Crippen LogP contribution in [0, 0.1) is 0 Å². The van der Waals surface area contributed by atoms with E-state index in [1.807, 2.05) is 124 Å². The highest BCUT2D eigenvalue weighted by Crippen LogP contribution is 2.39. The standard InChI is InChI=1S/C32H36N2O4S/c1-5-22-21-39-28(33-26(22)30(37)38-31(2,3)4)27(29(35)36)34-32(23-15-9-6-10-16-23,24-17-11-7-12-18-24)25-19-13-8-14-20-25/h6-21,26-28,33-34H,5H2,1-4H3,(H,35,36). The number of carboxylic acids is 1. The Balaban J connectivity index is 1.81. The Hall–Kier alpha value is -3.39. The molecule has 3 aromatic carbocycles. The van der Waals surface area contributed by atoms with Crippen molar-refractivity contribution in [3.8, 4) is 0 Å². The van der Waals surface area contributed by atoms with Crippen molar-refractivity contribution in [2.45, 2.75) is 62.7 Å². The highest BCUT2D eigenvalue weighted by molar-refractivity contribution is 8.02. The van der Waals surface area contributed by atoms with E-state index in [-0.39, 0.29) is 0 Å². The van der Waals surface area contributed by atoms with Crippen molar-refractivity contribution < 1.29 is 19.4 Å². The van der Waals surface area contributed by atoms with E-state index in [4.69, 9.17) is 4.74 Å². The van der Waals surface area contributed by atoms with Crippen molar-refractivity contribution in [1.82, 2.24) is 10.6 Å². The first kappa shape index (κ1) is 28.6. The molecule has 0 saturated carbocycles. The number of rotatable bonds is 9. The first-order valence-electron chi connectivity index (χ1n) is 13.2. The number of esters is 1. The Morgan fingerprint density at radius 3 is 1.74 bits per heavy atom. The van der Waals surface area contributed by atoms with Gasteiger partial charge in [-0.15, -0.1) is 11.8 Å². The average Bonchev–Trinajstić information content (AvgIpc) is 2.94. The SMILES string of the molecule is CCC1=CSC(C(NC(c2ccccc2)(c2ccccc2)c2ccccc2)C(=O)O)NC1C(=O)OC(C)(C)C. The zero-order valence-electron chi connectivity index (χ0n) is 22.8. The minimum Gasteiger partial charge on any atom is -0.480 e. The van der Waals surface area contributed by atoms with Crippen molar-refractivity contribution >= 4 is 23.7 Å². The van der Waals surface area contributed by atoms with E-state index in [1.165, 1.54) is 11.8 Å². The number of hydrogen-bond donors (Lipinski definition) is 3. The molecular weight excluding hydrogens is 508 g/mol. The van der Waals surface area contributed by atoms with Gasteiger partial charge in [0.15, 0.2) is 0 Å². The van der Waals surface area contributed by atoms with Crippen molar-refractivity contribution in [3.63, 3.8) is 0 Å². The number of thioether (sulfide) groups is 1. The zero-order chi connectivity index (χ0) is 28.0. The van der Waals surface area contributed by atoms with Crippen LogP contribution in [0.3, 0.4) is 0 Å². The summed E-state index contributed by atoms with van der Waals surface area (Å²) in [5, 5.41) is 18.7. The third-order valence-corrected chi connectivity index (χ3v) is 7.82. The number of aliphatic carboxylic acids is 1. The minimum absolute atomic E-state index is 0.412. The lowest BCUT2D eigenvalue weighted by Gasteiger charge is -2.42. The van der Waals surface area contributed by atoms with E-state index in [0.29, 0.717) is 6.42 Å². The number of benzene rings is 3. The van der Waals surface area contributed by atoms with Crippen molar-refractivity contribution in [1.29, 1.82) is 0 Å². The van der Waals surface area contributed by atoms with Crippen LogP contribution in [0.5, 0.6) is 0 Å². The quantitative estimate of drug-likeness (QED) is 0.236. The summed E-state index contributed by atoms with van der Waals surface area (Å²) in [7, 11) is 0. The van der Waals surface area contributed by atoms with Crippen LogP contribution < -0.4 is 10.6 Å². The number of nitrogens with one attached hydrogen (secondary N) is 2. The topological polar surface area (TPSA) is 87.7 Å². The summed E-state index contributed by atoms with van der Waals surface area (Å²) in [6.07, 6.45) is 0.643. The van der Waals surface area contributed by atoms with Gasteiger partial charge in [-0.1, -0.05) is 97.9 Å². The molecule has 4 rings (SSSR count). The van der Waals surface area contributed by atoms with Crippen LogP contribution in [0.25, 0.3) is 0 Å². The smallest absolute Gasteiger partial charge is 0.328 e. The van der Waals surface area contributed by atoms with Crippen molar-refractivity contribution in [2.75, 3.05) is 0 Å². The number of carbonyl (C=O) groups is 2. The summed E-state index contributed by atoms with van der Waals surface area (Å²) in [6, 6.07) is 27.8. The molecule has 204 valence electrons. The highest BCUT2D eigenvalue weighted by atomic mass is 32.2. The molecule has 3 atom stereocenters. The molecule has 0 aliphatic carbocycles. The van der Waals surface area contributed by atoms with Crippen LogP contribution in [0.2, 0.25) is 0 Å². The van der Waals surface area contributed by atoms with Crippen LogP contribution in [0.15, 0.2) is 102 Å². The predicted molar refractivity (Wildman–Crippen MR) is 156 cm³/mol. The molecule has 0 radical (unpaired) electrons. The average molecular weight is 545 g/mol. The number of ether oxygens (including phenoxy) is 1. The van der Waals surface area contributed by atoms with Gasteiger partial charge in [0.25, 0.3) is 0 Å². The van der Waals surface area contributed by atoms with Crippen LogP contribution in [-0.2, 0) is 19.9 Å². The van der Waals surface area contributed by atoms with E-state index < -0.39 is 40.5 Å². The van der Waals surface area contributed by atoms with Gasteiger partial charge in [-0.25, -0.2) is 4.79 Å². The van der Waals surface area contributed by atoms with E-state index in [2.05, 4.69) is 10.6 Å². The van der Waals surface area contributed by atoms with Crippen LogP contribution >= 0.6 is 11.8 Å². The maximum absolute atomic E-state index is 13.2. The van der Waals surface area contributed by atoms with E-state index in [1.54, 1.807) is 0 Å². The summed E-state index contributed by atoms with van der Waals surface area (Å²) in [5.41, 5.74) is 1.94. The van der Waals surface area contributed by atoms with Gasteiger partial charge in [0.05, 0.1) is 10.9 Å². The summed E-state index contributed by atoms with van der Waals surface area (Å²) < 4.78 is 5.69. The molecule has 3 unspecified atom stereocenters. The molecule has 3 N–H and O–H groups in total.